The number of rotatable bonds is 2. The predicted molar refractivity (Wildman–Crippen MR) is 64.9 cm³/mol. The average Bonchev–Trinajstić information content (AvgIpc) is 2.27. The average molecular weight is 227 g/mol. The summed E-state index contributed by atoms with van der Waals surface area (Å²) in [6, 6.07) is 11.6. The smallest absolute Gasteiger partial charge is 0.315 e. The maximum absolute atomic E-state index is 11.4. The normalized spacial score (nSPS) is 17.6. The minimum Gasteiger partial charge on any atom is -0.481 e. The summed E-state index contributed by atoms with van der Waals surface area (Å²) in [5.74, 6) is -0.744. The minimum atomic E-state index is -0.744. The van der Waals surface area contributed by atoms with E-state index in [1.807, 2.05) is 36.4 Å². The SMILES string of the molecule is O=C(O)C1(c2ccc3ccccc3n2)CCC1. The molecule has 0 aliphatic heterocycles. The van der Waals surface area contributed by atoms with E-state index >= 15 is 0 Å². The van der Waals surface area contributed by atoms with Gasteiger partial charge in [-0.1, -0.05) is 30.7 Å². The van der Waals surface area contributed by atoms with Crippen molar-refractivity contribution in [2.24, 2.45) is 0 Å². The lowest BCUT2D eigenvalue weighted by Crippen LogP contribution is -2.43. The molecule has 0 amide bonds. The van der Waals surface area contributed by atoms with Crippen LogP contribution in [0.5, 0.6) is 0 Å². The first-order chi connectivity index (χ1) is 8.22. The number of nitrogens with zero attached hydrogens (tertiary/aromatic N) is 1. The number of carboxylic acid groups (broad SMARTS) is 1. The lowest BCUT2D eigenvalue weighted by atomic mass is 9.66. The predicted octanol–water partition coefficient (Wildman–Crippen LogP) is 2.74. The van der Waals surface area contributed by atoms with Crippen LogP contribution in [0, 0.1) is 0 Å². The highest BCUT2D eigenvalue weighted by Crippen LogP contribution is 2.43. The molecule has 0 radical (unpaired) electrons. The Labute approximate surface area is 99.1 Å². The molecule has 1 aliphatic rings. The largest absolute Gasteiger partial charge is 0.481 e. The molecule has 0 bridgehead atoms. The summed E-state index contributed by atoms with van der Waals surface area (Å²) < 4.78 is 0. The lowest BCUT2D eigenvalue weighted by Gasteiger charge is -2.37. The Kier molecular flexibility index (Phi) is 2.15. The van der Waals surface area contributed by atoms with Crippen molar-refractivity contribution < 1.29 is 9.90 Å². The Hall–Kier alpha value is -1.90. The second-order valence-corrected chi connectivity index (χ2v) is 4.63. The van der Waals surface area contributed by atoms with Gasteiger partial charge in [-0.25, -0.2) is 0 Å². The maximum atomic E-state index is 11.4. The Morgan fingerprint density at radius 2 is 1.94 bits per heavy atom. The van der Waals surface area contributed by atoms with Gasteiger partial charge in [0.05, 0.1) is 11.2 Å². The molecule has 0 spiro atoms. The van der Waals surface area contributed by atoms with Gasteiger partial charge in [-0.15, -0.1) is 0 Å². The zero-order valence-corrected chi connectivity index (χ0v) is 9.39. The van der Waals surface area contributed by atoms with Crippen LogP contribution in [0.15, 0.2) is 36.4 Å². The van der Waals surface area contributed by atoms with E-state index in [0.29, 0.717) is 18.5 Å². The Balaban J connectivity index is 2.14. The van der Waals surface area contributed by atoms with Gasteiger partial charge in [0.2, 0.25) is 0 Å². The zero-order valence-electron chi connectivity index (χ0n) is 9.39. The number of fused-ring (bicyclic) bond motifs is 1. The summed E-state index contributed by atoms with van der Waals surface area (Å²) in [5.41, 5.74) is 0.844. The van der Waals surface area contributed by atoms with E-state index in [0.717, 1.165) is 17.3 Å². The van der Waals surface area contributed by atoms with Crippen LogP contribution >= 0.6 is 0 Å². The lowest BCUT2D eigenvalue weighted by molar-refractivity contribution is -0.147. The third-order valence-corrected chi connectivity index (χ3v) is 3.71. The second kappa shape index (κ2) is 3.55. The first-order valence-electron chi connectivity index (χ1n) is 5.82. The van der Waals surface area contributed by atoms with Crippen LogP contribution in [-0.2, 0) is 10.2 Å². The van der Waals surface area contributed by atoms with Gasteiger partial charge < -0.3 is 5.11 Å². The van der Waals surface area contributed by atoms with Crippen LogP contribution in [0.25, 0.3) is 10.9 Å². The van der Waals surface area contributed by atoms with Crippen LogP contribution in [0.4, 0.5) is 0 Å². The molecule has 1 aromatic heterocycles. The van der Waals surface area contributed by atoms with Gasteiger partial charge in [-0.2, -0.15) is 0 Å². The molecule has 86 valence electrons. The fourth-order valence-electron chi connectivity index (χ4n) is 2.44. The van der Waals surface area contributed by atoms with Crippen molar-refractivity contribution in [2.45, 2.75) is 24.7 Å². The molecule has 0 atom stereocenters. The number of para-hydroxylation sites is 1. The van der Waals surface area contributed by atoms with Crippen molar-refractivity contribution in [3.63, 3.8) is 0 Å². The third-order valence-electron chi connectivity index (χ3n) is 3.71. The van der Waals surface area contributed by atoms with Crippen molar-refractivity contribution in [1.29, 1.82) is 0 Å². The maximum Gasteiger partial charge on any atom is 0.315 e. The fourth-order valence-corrected chi connectivity index (χ4v) is 2.44. The first-order valence-corrected chi connectivity index (χ1v) is 5.82. The van der Waals surface area contributed by atoms with Gasteiger partial charge in [0.1, 0.15) is 5.41 Å². The number of carboxylic acids is 1. The van der Waals surface area contributed by atoms with Crippen LogP contribution in [0.2, 0.25) is 0 Å². The number of pyridine rings is 1. The molecule has 1 N–H and O–H groups in total. The first kappa shape index (κ1) is 10.3. The molecule has 1 aromatic carbocycles. The number of carbonyl (C=O) groups is 1. The van der Waals surface area contributed by atoms with E-state index in [1.54, 1.807) is 0 Å². The molecule has 0 unspecified atom stereocenters. The number of hydrogen-bond donors (Lipinski definition) is 1. The monoisotopic (exact) mass is 227 g/mol. The van der Waals surface area contributed by atoms with E-state index in [9.17, 15) is 9.90 Å². The van der Waals surface area contributed by atoms with Gasteiger partial charge in [-0.05, 0) is 25.0 Å². The van der Waals surface area contributed by atoms with Gasteiger partial charge in [-0.3, -0.25) is 9.78 Å². The highest BCUT2D eigenvalue weighted by Gasteiger charge is 2.47. The number of aromatic nitrogens is 1. The van der Waals surface area contributed by atoms with Crippen molar-refractivity contribution in [2.75, 3.05) is 0 Å². The molecule has 0 saturated heterocycles. The summed E-state index contributed by atoms with van der Waals surface area (Å²) in [4.78, 5) is 15.9. The molecule has 3 rings (SSSR count). The molecule has 1 saturated carbocycles. The highest BCUT2D eigenvalue weighted by atomic mass is 16.4. The van der Waals surface area contributed by atoms with Gasteiger partial charge >= 0.3 is 5.97 Å². The molecular weight excluding hydrogens is 214 g/mol. The van der Waals surface area contributed by atoms with Gasteiger partial charge in [0.25, 0.3) is 0 Å². The van der Waals surface area contributed by atoms with Crippen molar-refractivity contribution in [3.8, 4) is 0 Å². The molecule has 1 heterocycles. The van der Waals surface area contributed by atoms with Crippen molar-refractivity contribution in [3.05, 3.63) is 42.1 Å². The molecule has 3 nitrogen and oxygen atoms in total. The topological polar surface area (TPSA) is 50.2 Å². The Morgan fingerprint density at radius 3 is 2.59 bits per heavy atom. The second-order valence-electron chi connectivity index (χ2n) is 4.63. The minimum absolute atomic E-state index is 0.702. The molecule has 3 heteroatoms. The number of benzene rings is 1. The molecule has 1 fully saturated rings. The van der Waals surface area contributed by atoms with Crippen LogP contribution in [0.3, 0.4) is 0 Å². The van der Waals surface area contributed by atoms with Crippen LogP contribution in [-0.4, -0.2) is 16.1 Å². The summed E-state index contributed by atoms with van der Waals surface area (Å²) in [7, 11) is 0. The molecule has 1 aliphatic carbocycles. The number of hydrogen-bond acceptors (Lipinski definition) is 2. The summed E-state index contributed by atoms with van der Waals surface area (Å²) in [5, 5.41) is 10.4. The molecule has 17 heavy (non-hydrogen) atoms. The highest BCUT2D eigenvalue weighted by molar-refractivity contribution is 5.84. The van der Waals surface area contributed by atoms with E-state index in [4.69, 9.17) is 0 Å². The van der Waals surface area contributed by atoms with Crippen LogP contribution < -0.4 is 0 Å². The Morgan fingerprint density at radius 1 is 1.18 bits per heavy atom. The van der Waals surface area contributed by atoms with E-state index < -0.39 is 11.4 Å². The van der Waals surface area contributed by atoms with Crippen molar-refractivity contribution >= 4 is 16.9 Å². The van der Waals surface area contributed by atoms with Crippen LogP contribution in [0.1, 0.15) is 25.0 Å². The quantitative estimate of drug-likeness (QED) is 0.858. The standard InChI is InChI=1S/C14H13NO2/c16-13(17)14(8-3-9-14)12-7-6-10-4-1-2-5-11(10)15-12/h1-2,4-7H,3,8-9H2,(H,16,17). The van der Waals surface area contributed by atoms with E-state index in [1.165, 1.54) is 0 Å². The van der Waals surface area contributed by atoms with Crippen molar-refractivity contribution in [1.82, 2.24) is 4.98 Å². The number of aliphatic carboxylic acids is 1. The Bertz CT molecular complexity index is 588. The molecular formula is C14H13NO2. The summed E-state index contributed by atoms with van der Waals surface area (Å²) in [6.45, 7) is 0. The zero-order chi connectivity index (χ0) is 11.9. The molecule has 2 aromatic rings. The third kappa shape index (κ3) is 1.42. The summed E-state index contributed by atoms with van der Waals surface area (Å²) in [6.07, 6.45) is 2.38. The van der Waals surface area contributed by atoms with Gasteiger partial charge in [0, 0.05) is 5.39 Å². The fraction of sp³-hybridized carbons (Fsp3) is 0.286. The van der Waals surface area contributed by atoms with Gasteiger partial charge in [0.15, 0.2) is 0 Å². The summed E-state index contributed by atoms with van der Waals surface area (Å²) >= 11 is 0. The van der Waals surface area contributed by atoms with E-state index in [2.05, 4.69) is 4.98 Å². The van der Waals surface area contributed by atoms with E-state index in [-0.39, 0.29) is 0 Å².